The third kappa shape index (κ3) is 6.04. The topological polar surface area (TPSA) is 120 Å². The molecule has 35 heavy (non-hydrogen) atoms. The van der Waals surface area contributed by atoms with Gasteiger partial charge in [-0.05, 0) is 84.8 Å². The lowest BCUT2D eigenvalue weighted by Gasteiger charge is -2.40. The molecule has 0 fully saturated rings. The number of aromatic nitrogens is 2. The number of ether oxygens (including phenoxy) is 1. The molecule has 2 amide bonds. The normalized spacial score (nSPS) is 15.8. The van der Waals surface area contributed by atoms with Crippen molar-refractivity contribution < 1.29 is 19.1 Å². The van der Waals surface area contributed by atoms with Gasteiger partial charge in [0, 0.05) is 5.69 Å². The molecule has 0 saturated heterocycles. The maximum atomic E-state index is 13.4. The first-order chi connectivity index (χ1) is 16.4. The Kier molecular flexibility index (Phi) is 8.28. The van der Waals surface area contributed by atoms with Crippen molar-refractivity contribution in [3.63, 3.8) is 0 Å². The van der Waals surface area contributed by atoms with E-state index in [2.05, 4.69) is 30.3 Å². The fourth-order valence-corrected chi connectivity index (χ4v) is 5.46. The molecule has 1 aromatic heterocycles. The van der Waals surface area contributed by atoms with Crippen LogP contribution in [0.25, 0.3) is 0 Å². The number of fused-ring (bicyclic) bond motifs is 1. The number of halogens is 1. The zero-order chi connectivity index (χ0) is 26.0. The fourth-order valence-electron chi connectivity index (χ4n) is 3.91. The van der Waals surface area contributed by atoms with E-state index in [1.807, 2.05) is 35.7 Å². The van der Waals surface area contributed by atoms with Crippen molar-refractivity contribution in [2.45, 2.75) is 70.9 Å². The Bertz CT molecular complexity index is 1130. The summed E-state index contributed by atoms with van der Waals surface area (Å²) >= 11 is 2.03. The van der Waals surface area contributed by atoms with Gasteiger partial charge in [0.05, 0.1) is 43.1 Å². The average Bonchev–Trinajstić information content (AvgIpc) is 3.11. The van der Waals surface area contributed by atoms with E-state index in [4.69, 9.17) is 10.00 Å². The van der Waals surface area contributed by atoms with Crippen LogP contribution in [0.3, 0.4) is 0 Å². The summed E-state index contributed by atoms with van der Waals surface area (Å²) in [6.45, 7) is 10.7. The van der Waals surface area contributed by atoms with Crippen LogP contribution in [0.5, 0.6) is 0 Å². The van der Waals surface area contributed by atoms with E-state index in [0.29, 0.717) is 39.2 Å². The summed E-state index contributed by atoms with van der Waals surface area (Å²) < 4.78 is 7.59. The quantitative estimate of drug-likeness (QED) is 0.267. The lowest BCUT2D eigenvalue weighted by molar-refractivity contribution is 0.0519. The molecule has 1 aromatic carbocycles. The van der Waals surface area contributed by atoms with Crippen LogP contribution in [0.4, 0.5) is 10.5 Å². The minimum Gasteiger partial charge on any atom is -0.462 e. The third-order valence-electron chi connectivity index (χ3n) is 6.92. The summed E-state index contributed by atoms with van der Waals surface area (Å²) in [5.74, 6) is -0.446. The van der Waals surface area contributed by atoms with E-state index in [0.717, 1.165) is 6.42 Å². The molecule has 188 valence electrons. The lowest BCUT2D eigenvalue weighted by atomic mass is 9.99. The van der Waals surface area contributed by atoms with Gasteiger partial charge < -0.3 is 19.7 Å². The van der Waals surface area contributed by atoms with Crippen molar-refractivity contribution in [1.29, 1.82) is 5.26 Å². The van der Waals surface area contributed by atoms with Gasteiger partial charge in [-0.2, -0.15) is 10.4 Å². The lowest BCUT2D eigenvalue weighted by Crippen LogP contribution is -2.49. The standard InChI is InChI=1S/C24H32IN5O4Si/c1-6-34-22(31)20-19-15-29(23(32)27-17-9-7-16(13-26)8-10-17)18(14-30(19)28-21(20)25)11-12-24(2,3)35(4,5)33/h7-10,18,33H,6,11-12,14-15H2,1-5H3,(H,27,32). The van der Waals surface area contributed by atoms with Gasteiger partial charge in [-0.3, -0.25) is 4.68 Å². The van der Waals surface area contributed by atoms with Crippen LogP contribution in [-0.4, -0.2) is 52.4 Å². The second-order valence-electron chi connectivity index (χ2n) is 9.90. The summed E-state index contributed by atoms with van der Waals surface area (Å²) in [5, 5.41) is 16.3. The van der Waals surface area contributed by atoms with Gasteiger partial charge in [0.15, 0.2) is 8.32 Å². The number of carbonyl (C=O) groups is 2. The van der Waals surface area contributed by atoms with Crippen molar-refractivity contribution in [2.24, 2.45) is 0 Å². The Morgan fingerprint density at radius 1 is 1.34 bits per heavy atom. The largest absolute Gasteiger partial charge is 0.462 e. The highest BCUT2D eigenvalue weighted by atomic mass is 127. The molecule has 1 aliphatic rings. The second kappa shape index (κ2) is 10.7. The molecule has 1 atom stereocenters. The van der Waals surface area contributed by atoms with Gasteiger partial charge in [-0.1, -0.05) is 13.8 Å². The summed E-state index contributed by atoms with van der Waals surface area (Å²) in [7, 11) is -2.42. The van der Waals surface area contributed by atoms with Crippen molar-refractivity contribution in [3.8, 4) is 6.07 Å². The number of nitrogens with one attached hydrogen (secondary N) is 1. The SMILES string of the molecule is CCOC(=O)c1c(I)nn2c1CN(C(=O)Nc1ccc(C#N)cc1)C(CCC(C)(C)[Si](C)(C)O)C2. The molecule has 1 unspecified atom stereocenters. The number of amides is 2. The molecule has 2 heterocycles. The molecule has 3 rings (SSSR count). The first kappa shape index (κ1) is 27.2. The first-order valence-electron chi connectivity index (χ1n) is 11.6. The summed E-state index contributed by atoms with van der Waals surface area (Å²) in [6, 6.07) is 8.27. The van der Waals surface area contributed by atoms with Gasteiger partial charge in [-0.15, -0.1) is 0 Å². The predicted molar refractivity (Wildman–Crippen MR) is 143 cm³/mol. The number of benzene rings is 1. The number of hydrogen-bond acceptors (Lipinski definition) is 6. The van der Waals surface area contributed by atoms with E-state index in [9.17, 15) is 14.4 Å². The molecule has 11 heteroatoms. The number of urea groups is 1. The van der Waals surface area contributed by atoms with Crippen molar-refractivity contribution in [1.82, 2.24) is 14.7 Å². The Morgan fingerprint density at radius 3 is 2.57 bits per heavy atom. The van der Waals surface area contributed by atoms with E-state index >= 15 is 0 Å². The Balaban J connectivity index is 1.91. The van der Waals surface area contributed by atoms with Crippen molar-refractivity contribution >= 4 is 48.6 Å². The van der Waals surface area contributed by atoms with Crippen molar-refractivity contribution in [2.75, 3.05) is 11.9 Å². The van der Waals surface area contributed by atoms with Gasteiger partial charge in [-0.25, -0.2) is 9.59 Å². The zero-order valence-electron chi connectivity index (χ0n) is 20.8. The fraction of sp³-hybridized carbons (Fsp3) is 0.500. The van der Waals surface area contributed by atoms with E-state index in [1.165, 1.54) is 0 Å². The monoisotopic (exact) mass is 609 g/mol. The van der Waals surface area contributed by atoms with E-state index in [-0.39, 0.29) is 30.3 Å². The van der Waals surface area contributed by atoms with Gasteiger partial charge in [0.2, 0.25) is 0 Å². The third-order valence-corrected chi connectivity index (χ3v) is 11.2. The molecule has 9 nitrogen and oxygen atoms in total. The van der Waals surface area contributed by atoms with E-state index in [1.54, 1.807) is 40.8 Å². The molecular formula is C24H32IN5O4Si. The number of anilines is 1. The molecule has 0 spiro atoms. The summed E-state index contributed by atoms with van der Waals surface area (Å²) in [5.41, 5.74) is 2.13. The Labute approximate surface area is 220 Å². The second-order valence-corrected chi connectivity index (χ2v) is 15.4. The van der Waals surface area contributed by atoms with Crippen LogP contribution in [0.2, 0.25) is 18.1 Å². The Hall–Kier alpha value is -2.43. The highest BCUT2D eigenvalue weighted by Gasteiger charge is 2.40. The van der Waals surface area contributed by atoms with Crippen LogP contribution in [0, 0.1) is 15.0 Å². The van der Waals surface area contributed by atoms with Crippen LogP contribution in [0.15, 0.2) is 24.3 Å². The maximum absolute atomic E-state index is 13.4. The van der Waals surface area contributed by atoms with Gasteiger partial charge in [0.1, 0.15) is 9.26 Å². The number of esters is 1. The molecule has 0 bridgehead atoms. The highest BCUT2D eigenvalue weighted by Crippen LogP contribution is 2.41. The van der Waals surface area contributed by atoms with Gasteiger partial charge >= 0.3 is 12.0 Å². The van der Waals surface area contributed by atoms with E-state index < -0.39 is 14.3 Å². The number of nitriles is 1. The van der Waals surface area contributed by atoms with Crippen LogP contribution in [0.1, 0.15) is 55.2 Å². The molecular weight excluding hydrogens is 577 g/mol. The maximum Gasteiger partial charge on any atom is 0.342 e. The molecule has 2 N–H and O–H groups in total. The average molecular weight is 610 g/mol. The highest BCUT2D eigenvalue weighted by molar-refractivity contribution is 14.1. The summed E-state index contributed by atoms with van der Waals surface area (Å²) in [4.78, 5) is 38.5. The smallest absolute Gasteiger partial charge is 0.342 e. The summed E-state index contributed by atoms with van der Waals surface area (Å²) in [6.07, 6.45) is 1.42. The van der Waals surface area contributed by atoms with Crippen LogP contribution >= 0.6 is 22.6 Å². The molecule has 0 saturated carbocycles. The Morgan fingerprint density at radius 2 is 2.00 bits per heavy atom. The zero-order valence-corrected chi connectivity index (χ0v) is 23.9. The first-order valence-corrected chi connectivity index (χ1v) is 15.6. The minimum absolute atomic E-state index is 0.178. The minimum atomic E-state index is -2.42. The number of rotatable bonds is 7. The van der Waals surface area contributed by atoms with Crippen LogP contribution < -0.4 is 5.32 Å². The van der Waals surface area contributed by atoms with Gasteiger partial charge in [0.25, 0.3) is 0 Å². The number of nitrogens with zero attached hydrogens (tertiary/aromatic N) is 4. The van der Waals surface area contributed by atoms with Crippen molar-refractivity contribution in [3.05, 3.63) is 44.8 Å². The van der Waals surface area contributed by atoms with Crippen LogP contribution in [-0.2, 0) is 17.8 Å². The molecule has 0 radical (unpaired) electrons. The molecule has 0 aliphatic carbocycles. The molecule has 1 aliphatic heterocycles. The number of hydrogen-bond donors (Lipinski definition) is 2. The predicted octanol–water partition coefficient (Wildman–Crippen LogP) is 4.71. The number of carbonyl (C=O) groups excluding carboxylic acids is 2. The molecule has 2 aromatic rings.